The fourth-order valence-corrected chi connectivity index (χ4v) is 2.90. The van der Waals surface area contributed by atoms with Crippen LogP contribution >= 0.6 is 11.8 Å². The van der Waals surface area contributed by atoms with Crippen molar-refractivity contribution in [1.82, 2.24) is 10.2 Å². The van der Waals surface area contributed by atoms with E-state index in [1.54, 1.807) is 19.2 Å². The number of hydrogen-bond acceptors (Lipinski definition) is 3. The van der Waals surface area contributed by atoms with Gasteiger partial charge in [0.1, 0.15) is 11.9 Å². The molecule has 2 unspecified atom stereocenters. The van der Waals surface area contributed by atoms with Gasteiger partial charge in [0.2, 0.25) is 0 Å². The maximum atomic E-state index is 13.2. The summed E-state index contributed by atoms with van der Waals surface area (Å²) in [4.78, 5) is 6.65. The second-order valence-corrected chi connectivity index (χ2v) is 8.27. The molecule has 1 heterocycles. The third-order valence-electron chi connectivity index (χ3n) is 4.24. The summed E-state index contributed by atoms with van der Waals surface area (Å²) in [5.74, 6) is 0.663. The van der Waals surface area contributed by atoms with E-state index in [4.69, 9.17) is 4.74 Å². The third kappa shape index (κ3) is 5.11. The standard InChI is InChI=1S/C18H28FN3OS/c1-13-10-22(17(20-4)21-12-18(2,3)24-5)11-16(23-13)14-6-8-15(19)9-7-14/h6-9,13,16H,10-12H2,1-5H3,(H,20,21). The molecule has 0 amide bonds. The van der Waals surface area contributed by atoms with Crippen molar-refractivity contribution in [1.29, 1.82) is 0 Å². The Balaban J connectivity index is 2.07. The van der Waals surface area contributed by atoms with E-state index in [9.17, 15) is 4.39 Å². The molecule has 2 rings (SSSR count). The zero-order chi connectivity index (χ0) is 17.7. The van der Waals surface area contributed by atoms with Gasteiger partial charge in [-0.1, -0.05) is 12.1 Å². The van der Waals surface area contributed by atoms with E-state index >= 15 is 0 Å². The topological polar surface area (TPSA) is 36.9 Å². The SMILES string of the molecule is CN=C(NCC(C)(C)SC)N1CC(C)OC(c2ccc(F)cc2)C1. The molecule has 0 spiro atoms. The van der Waals surface area contributed by atoms with Crippen molar-refractivity contribution in [3.8, 4) is 0 Å². The highest BCUT2D eigenvalue weighted by molar-refractivity contribution is 7.99. The Labute approximate surface area is 148 Å². The van der Waals surface area contributed by atoms with Gasteiger partial charge in [0.25, 0.3) is 0 Å². The zero-order valence-electron chi connectivity index (χ0n) is 15.2. The molecule has 0 aliphatic carbocycles. The molecule has 24 heavy (non-hydrogen) atoms. The van der Waals surface area contributed by atoms with Gasteiger partial charge in [0.15, 0.2) is 5.96 Å². The molecule has 0 aromatic heterocycles. The highest BCUT2D eigenvalue weighted by atomic mass is 32.2. The van der Waals surface area contributed by atoms with E-state index in [2.05, 4.69) is 42.2 Å². The number of halogens is 1. The van der Waals surface area contributed by atoms with Gasteiger partial charge >= 0.3 is 0 Å². The van der Waals surface area contributed by atoms with Gasteiger partial charge in [-0.15, -0.1) is 0 Å². The molecule has 0 radical (unpaired) electrons. The lowest BCUT2D eigenvalue weighted by atomic mass is 10.1. The summed E-state index contributed by atoms with van der Waals surface area (Å²) in [5.41, 5.74) is 0.993. The molecule has 2 atom stereocenters. The molecule has 6 heteroatoms. The normalized spacial score (nSPS) is 22.6. The predicted molar refractivity (Wildman–Crippen MR) is 100 cm³/mol. The van der Waals surface area contributed by atoms with Gasteiger partial charge in [0.05, 0.1) is 12.6 Å². The summed E-state index contributed by atoms with van der Waals surface area (Å²) in [6.07, 6.45) is 2.12. The van der Waals surface area contributed by atoms with Crippen molar-refractivity contribution < 1.29 is 9.13 Å². The largest absolute Gasteiger partial charge is 0.367 e. The number of aliphatic imine (C=N–C) groups is 1. The fraction of sp³-hybridized carbons (Fsp3) is 0.611. The quantitative estimate of drug-likeness (QED) is 0.666. The van der Waals surface area contributed by atoms with Crippen LogP contribution in [0.1, 0.15) is 32.4 Å². The van der Waals surface area contributed by atoms with Crippen LogP contribution < -0.4 is 5.32 Å². The highest BCUT2D eigenvalue weighted by Crippen LogP contribution is 2.26. The maximum absolute atomic E-state index is 13.2. The molecule has 0 bridgehead atoms. The van der Waals surface area contributed by atoms with Crippen molar-refractivity contribution in [3.05, 3.63) is 35.6 Å². The average Bonchev–Trinajstić information content (AvgIpc) is 2.55. The first-order valence-electron chi connectivity index (χ1n) is 8.26. The second-order valence-electron chi connectivity index (χ2n) is 6.76. The maximum Gasteiger partial charge on any atom is 0.193 e. The summed E-state index contributed by atoms with van der Waals surface area (Å²) < 4.78 is 19.3. The summed E-state index contributed by atoms with van der Waals surface area (Å²) in [6.45, 7) is 8.81. The Hall–Kier alpha value is -1.27. The zero-order valence-corrected chi connectivity index (χ0v) is 16.0. The fourth-order valence-electron chi connectivity index (χ4n) is 2.68. The Kier molecular flexibility index (Phi) is 6.52. The molecule has 1 aliphatic heterocycles. The summed E-state index contributed by atoms with van der Waals surface area (Å²) in [5, 5.41) is 3.47. The van der Waals surface area contributed by atoms with Gasteiger partial charge in [-0.25, -0.2) is 4.39 Å². The number of guanidine groups is 1. The van der Waals surface area contributed by atoms with Gasteiger partial charge in [-0.05, 0) is 44.7 Å². The van der Waals surface area contributed by atoms with Gasteiger partial charge < -0.3 is 15.0 Å². The molecule has 1 saturated heterocycles. The molecule has 4 nitrogen and oxygen atoms in total. The molecule has 1 aromatic rings. The van der Waals surface area contributed by atoms with Crippen LogP contribution in [0.15, 0.2) is 29.3 Å². The molecule has 134 valence electrons. The average molecular weight is 354 g/mol. The molecule has 1 aliphatic rings. The lowest BCUT2D eigenvalue weighted by molar-refractivity contribution is -0.0605. The molecule has 1 N–H and O–H groups in total. The van der Waals surface area contributed by atoms with E-state index in [1.165, 1.54) is 12.1 Å². The van der Waals surface area contributed by atoms with Gasteiger partial charge in [-0.3, -0.25) is 4.99 Å². The molecular weight excluding hydrogens is 325 g/mol. The highest BCUT2D eigenvalue weighted by Gasteiger charge is 2.29. The monoisotopic (exact) mass is 353 g/mol. The molecular formula is C18H28FN3OS. The summed E-state index contributed by atoms with van der Waals surface area (Å²) >= 11 is 1.83. The molecule has 0 saturated carbocycles. The molecule has 1 fully saturated rings. The van der Waals surface area contributed by atoms with Crippen LogP contribution in [0.4, 0.5) is 4.39 Å². The van der Waals surface area contributed by atoms with E-state index in [1.807, 2.05) is 11.8 Å². The van der Waals surface area contributed by atoms with E-state index in [0.29, 0.717) is 6.54 Å². The lowest BCUT2D eigenvalue weighted by Crippen LogP contribution is -2.52. The number of ether oxygens (including phenoxy) is 1. The van der Waals surface area contributed by atoms with Crippen LogP contribution in [0.25, 0.3) is 0 Å². The minimum Gasteiger partial charge on any atom is -0.367 e. The number of morpholine rings is 1. The Morgan fingerprint density at radius 2 is 2.04 bits per heavy atom. The number of benzene rings is 1. The van der Waals surface area contributed by atoms with Crippen molar-refractivity contribution in [2.45, 2.75) is 37.7 Å². The van der Waals surface area contributed by atoms with Gasteiger partial charge in [0, 0.05) is 24.9 Å². The summed E-state index contributed by atoms with van der Waals surface area (Å²) in [7, 11) is 1.81. The second kappa shape index (κ2) is 8.21. The first kappa shape index (κ1) is 19.1. The predicted octanol–water partition coefficient (Wildman–Crippen LogP) is 3.30. The van der Waals surface area contributed by atoms with Crippen molar-refractivity contribution in [3.63, 3.8) is 0 Å². The van der Waals surface area contributed by atoms with Crippen LogP contribution in [-0.2, 0) is 4.74 Å². The molecule has 1 aromatic carbocycles. The summed E-state index contributed by atoms with van der Waals surface area (Å²) in [6, 6.07) is 6.55. The first-order chi connectivity index (χ1) is 11.3. The van der Waals surface area contributed by atoms with Crippen LogP contribution in [0, 0.1) is 5.82 Å². The van der Waals surface area contributed by atoms with Gasteiger partial charge in [-0.2, -0.15) is 11.8 Å². The van der Waals surface area contributed by atoms with Crippen molar-refractivity contribution >= 4 is 17.7 Å². The van der Waals surface area contributed by atoms with Crippen LogP contribution in [0.5, 0.6) is 0 Å². The van der Waals surface area contributed by atoms with Crippen molar-refractivity contribution in [2.75, 3.05) is 32.9 Å². The Morgan fingerprint density at radius 3 is 2.62 bits per heavy atom. The minimum absolute atomic E-state index is 0.0820. The van der Waals surface area contributed by atoms with E-state index in [0.717, 1.165) is 24.6 Å². The minimum atomic E-state index is -0.226. The Morgan fingerprint density at radius 1 is 1.38 bits per heavy atom. The lowest BCUT2D eigenvalue weighted by Gasteiger charge is -2.39. The number of nitrogens with zero attached hydrogens (tertiary/aromatic N) is 2. The van der Waals surface area contributed by atoms with E-state index in [-0.39, 0.29) is 22.8 Å². The number of thioether (sulfide) groups is 1. The smallest absolute Gasteiger partial charge is 0.193 e. The number of hydrogen-bond donors (Lipinski definition) is 1. The van der Waals surface area contributed by atoms with Crippen molar-refractivity contribution in [2.24, 2.45) is 4.99 Å². The van der Waals surface area contributed by atoms with Crippen LogP contribution in [0.3, 0.4) is 0 Å². The first-order valence-corrected chi connectivity index (χ1v) is 9.49. The third-order valence-corrected chi connectivity index (χ3v) is 5.49. The number of nitrogens with one attached hydrogen (secondary N) is 1. The van der Waals surface area contributed by atoms with Crippen LogP contribution in [-0.4, -0.2) is 54.6 Å². The van der Waals surface area contributed by atoms with Crippen LogP contribution in [0.2, 0.25) is 0 Å². The van der Waals surface area contributed by atoms with E-state index < -0.39 is 0 Å². The number of rotatable bonds is 4. The Bertz CT molecular complexity index is 562.